The number of hydrogen-bond donors (Lipinski definition) is 4. The molecule has 3 amide bonds. The summed E-state index contributed by atoms with van der Waals surface area (Å²) in [7, 11) is -4.11. The molecule has 2 aromatic carbocycles. The monoisotopic (exact) mass is 615 g/mol. The summed E-state index contributed by atoms with van der Waals surface area (Å²) in [6.45, 7) is 1.62. The number of aliphatic hydroxyl groups is 1. The van der Waals surface area contributed by atoms with Crippen molar-refractivity contribution in [3.05, 3.63) is 58.4 Å². The zero-order valence-corrected chi connectivity index (χ0v) is 23.0. The van der Waals surface area contributed by atoms with Crippen LogP contribution in [0.5, 0.6) is 0 Å². The van der Waals surface area contributed by atoms with Gasteiger partial charge in [0, 0.05) is 29.9 Å². The lowest BCUT2D eigenvalue weighted by Crippen LogP contribution is -2.71. The predicted octanol–water partition coefficient (Wildman–Crippen LogP) is 2.78. The second-order valence-corrected chi connectivity index (χ2v) is 13.2. The van der Waals surface area contributed by atoms with Gasteiger partial charge in [0.1, 0.15) is 12.6 Å². The molecule has 1 saturated heterocycles. The number of nitrogens with one attached hydrogen (secondary N) is 3. The van der Waals surface area contributed by atoms with Gasteiger partial charge in [0.05, 0.1) is 20.8 Å². The summed E-state index contributed by atoms with van der Waals surface area (Å²) in [6.07, 6.45) is -0.586. The molecule has 0 radical (unpaired) electrons. The highest BCUT2D eigenvalue weighted by molar-refractivity contribution is 7.92. The van der Waals surface area contributed by atoms with E-state index in [1.54, 1.807) is 0 Å². The van der Waals surface area contributed by atoms with Gasteiger partial charge in [-0.2, -0.15) is 0 Å². The molecule has 3 atom stereocenters. The summed E-state index contributed by atoms with van der Waals surface area (Å²) in [6, 6.07) is 3.77. The van der Waals surface area contributed by atoms with Crippen molar-refractivity contribution in [2.45, 2.75) is 41.6 Å². The van der Waals surface area contributed by atoms with E-state index in [9.17, 15) is 41.1 Å². The number of halogens is 4. The zero-order chi connectivity index (χ0) is 29.9. The Hall–Kier alpha value is -3.36. The number of alkyl carbamates (subject to hydrolysis) is 1. The van der Waals surface area contributed by atoms with Crippen LogP contribution in [0.1, 0.15) is 30.1 Å². The number of rotatable bonds is 7. The molecule has 2 unspecified atom stereocenters. The van der Waals surface area contributed by atoms with Crippen LogP contribution in [0.15, 0.2) is 35.2 Å². The molecule has 1 aliphatic heterocycles. The van der Waals surface area contributed by atoms with Crippen LogP contribution in [0, 0.1) is 35.2 Å². The molecular weight excluding hydrogens is 591 g/mol. The molecular formula is C26H25ClF3N3O7S. The minimum absolute atomic E-state index is 0.0260. The van der Waals surface area contributed by atoms with Gasteiger partial charge in [-0.1, -0.05) is 18.5 Å². The Balaban J connectivity index is 1.30. The van der Waals surface area contributed by atoms with E-state index in [0.29, 0.717) is 12.1 Å². The Morgan fingerprint density at radius 2 is 1.78 bits per heavy atom. The summed E-state index contributed by atoms with van der Waals surface area (Å²) in [5.74, 6) is -7.12. The molecule has 2 bridgehead atoms. The SMILES string of the molecule is C[C@H]1C2C[C@@H](S(=O)(=O)c3cc(C(=O)Nc4cc(F)c(F)c(F)c4)ccc3Cl)CC1[C@@]2(O)CNC(=O)[C@H]1COC(=O)N1. The topological polar surface area (TPSA) is 151 Å². The first-order valence-corrected chi connectivity index (χ1v) is 14.6. The van der Waals surface area contributed by atoms with Crippen molar-refractivity contribution in [2.24, 2.45) is 17.8 Å². The van der Waals surface area contributed by atoms with Crippen molar-refractivity contribution >= 4 is 45.0 Å². The minimum atomic E-state index is -4.11. The maximum Gasteiger partial charge on any atom is 0.407 e. The van der Waals surface area contributed by atoms with Crippen molar-refractivity contribution in [3.63, 3.8) is 0 Å². The molecule has 0 spiro atoms. The molecule has 3 saturated carbocycles. The average molecular weight is 616 g/mol. The van der Waals surface area contributed by atoms with Crippen LogP contribution >= 0.6 is 11.6 Å². The molecule has 41 heavy (non-hydrogen) atoms. The number of anilines is 1. The third-order valence-corrected chi connectivity index (χ3v) is 11.0. The average Bonchev–Trinajstić information content (AvgIpc) is 3.37. The lowest BCUT2D eigenvalue weighted by Gasteiger charge is -2.62. The van der Waals surface area contributed by atoms with Crippen molar-refractivity contribution in [1.82, 2.24) is 10.6 Å². The Labute approximate surface area is 237 Å². The normalized spacial score (nSPS) is 28.7. The molecule has 15 heteroatoms. The van der Waals surface area contributed by atoms with Crippen LogP contribution in [0.25, 0.3) is 0 Å². The number of amides is 3. The molecule has 3 aliphatic carbocycles. The third-order valence-electron chi connectivity index (χ3n) is 8.30. The first-order chi connectivity index (χ1) is 19.2. The Bertz CT molecular complexity index is 1520. The number of carbonyl (C=O) groups is 3. The van der Waals surface area contributed by atoms with Crippen LogP contribution in [-0.4, -0.2) is 61.5 Å². The van der Waals surface area contributed by atoms with Gasteiger partial charge in [-0.3, -0.25) is 9.59 Å². The van der Waals surface area contributed by atoms with Crippen molar-refractivity contribution in [2.75, 3.05) is 18.5 Å². The van der Waals surface area contributed by atoms with Gasteiger partial charge in [-0.05, 0) is 48.8 Å². The second kappa shape index (κ2) is 10.5. The number of fused-ring (bicyclic) bond motifs is 2. The molecule has 220 valence electrons. The number of sulfone groups is 1. The maximum absolute atomic E-state index is 13.7. The molecule has 1 heterocycles. The summed E-state index contributed by atoms with van der Waals surface area (Å²) < 4.78 is 72.3. The number of ether oxygens (including phenoxy) is 1. The van der Waals surface area contributed by atoms with Gasteiger partial charge < -0.3 is 25.8 Å². The van der Waals surface area contributed by atoms with E-state index in [2.05, 4.69) is 16.0 Å². The predicted molar refractivity (Wildman–Crippen MR) is 138 cm³/mol. The molecule has 4 aliphatic rings. The standard InChI is InChI=1S/C26H25ClF3N3O7S/c1-11-15-7-14(8-16(11)26(15,37)10-31-24(35)20-9-40-25(36)33-20)41(38,39)21-4-12(2-3-17(21)27)23(34)32-13-5-18(28)22(30)19(29)6-13/h2-6,11,14-16,20,37H,7-10H2,1H3,(H,31,35)(H,32,34)(H,33,36)/t11-,14+,15?,16?,20-,26+/m1/s1. The highest BCUT2D eigenvalue weighted by Gasteiger charge is 2.64. The minimum Gasteiger partial charge on any atom is -0.447 e. The summed E-state index contributed by atoms with van der Waals surface area (Å²) in [4.78, 5) is 36.0. The van der Waals surface area contributed by atoms with E-state index in [-0.39, 0.29) is 53.1 Å². The largest absolute Gasteiger partial charge is 0.447 e. The number of carbonyl (C=O) groups excluding carboxylic acids is 3. The van der Waals surface area contributed by atoms with Gasteiger partial charge in [0.15, 0.2) is 27.3 Å². The van der Waals surface area contributed by atoms with Crippen LogP contribution < -0.4 is 16.0 Å². The maximum atomic E-state index is 13.7. The van der Waals surface area contributed by atoms with Crippen LogP contribution in [0.4, 0.5) is 23.7 Å². The summed E-state index contributed by atoms with van der Waals surface area (Å²) in [5, 5.41) is 17.4. The van der Waals surface area contributed by atoms with Gasteiger partial charge in [-0.25, -0.2) is 26.4 Å². The third kappa shape index (κ3) is 5.12. The quantitative estimate of drug-likeness (QED) is 0.350. The molecule has 6 rings (SSSR count). The second-order valence-electron chi connectivity index (χ2n) is 10.6. The van der Waals surface area contributed by atoms with E-state index in [0.717, 1.165) is 6.07 Å². The number of cyclic esters (lactones) is 1. The number of hydrogen-bond acceptors (Lipinski definition) is 7. The van der Waals surface area contributed by atoms with Gasteiger partial charge in [0.25, 0.3) is 5.91 Å². The van der Waals surface area contributed by atoms with E-state index < -0.39 is 73.9 Å². The molecule has 4 fully saturated rings. The molecule has 4 N–H and O–H groups in total. The van der Waals surface area contributed by atoms with E-state index in [1.807, 2.05) is 6.92 Å². The van der Waals surface area contributed by atoms with Crippen molar-refractivity contribution in [1.29, 1.82) is 0 Å². The first kappa shape index (κ1) is 29.1. The van der Waals surface area contributed by atoms with Crippen molar-refractivity contribution < 1.29 is 45.8 Å². The Kier molecular flexibility index (Phi) is 7.45. The lowest BCUT2D eigenvalue weighted by atomic mass is 9.48. The van der Waals surface area contributed by atoms with Crippen LogP contribution in [0.3, 0.4) is 0 Å². The van der Waals surface area contributed by atoms with E-state index >= 15 is 0 Å². The fraction of sp³-hybridized carbons (Fsp3) is 0.423. The van der Waals surface area contributed by atoms with Gasteiger partial charge in [0.2, 0.25) is 5.91 Å². The van der Waals surface area contributed by atoms with E-state index in [4.69, 9.17) is 16.3 Å². The highest BCUT2D eigenvalue weighted by atomic mass is 35.5. The number of benzene rings is 2. The Morgan fingerprint density at radius 1 is 1.15 bits per heavy atom. The highest BCUT2D eigenvalue weighted by Crippen LogP contribution is 2.59. The van der Waals surface area contributed by atoms with Gasteiger partial charge in [-0.15, -0.1) is 0 Å². The van der Waals surface area contributed by atoms with Crippen LogP contribution in [0.2, 0.25) is 5.02 Å². The fourth-order valence-electron chi connectivity index (χ4n) is 6.11. The molecule has 10 nitrogen and oxygen atoms in total. The smallest absolute Gasteiger partial charge is 0.407 e. The molecule has 2 aromatic rings. The van der Waals surface area contributed by atoms with Crippen LogP contribution in [-0.2, 0) is 19.4 Å². The van der Waals surface area contributed by atoms with E-state index in [1.165, 1.54) is 12.1 Å². The lowest BCUT2D eigenvalue weighted by molar-refractivity contribution is -0.213. The fourth-order valence-corrected chi connectivity index (χ4v) is 8.47. The Morgan fingerprint density at radius 3 is 2.37 bits per heavy atom. The summed E-state index contributed by atoms with van der Waals surface area (Å²) in [5.41, 5.74) is -1.90. The van der Waals surface area contributed by atoms with Gasteiger partial charge >= 0.3 is 6.09 Å². The summed E-state index contributed by atoms with van der Waals surface area (Å²) >= 11 is 6.22. The first-order valence-electron chi connectivity index (χ1n) is 12.6. The zero-order valence-electron chi connectivity index (χ0n) is 21.4. The molecule has 0 aromatic heterocycles. The van der Waals surface area contributed by atoms with Crippen molar-refractivity contribution in [3.8, 4) is 0 Å².